The standard InChI is InChI=1S/3C15H34N.C6H8O7/c3*1-5-6-7-8-9-10-11-12-13-14-15-16(2,3)4;7-3(8)1-6(13,5(11)12)2-4(9)10/h3*5-15H2,1-4H3;13H,1-2H2,(H,7,8)(H,9,10)(H,11,12)/q3*+1;/p-3. The molecule has 0 rings (SSSR count). The number of quaternary nitrogens is 3. The van der Waals surface area contributed by atoms with E-state index in [1.807, 2.05) is 0 Å². The van der Waals surface area contributed by atoms with Gasteiger partial charge in [-0.1, -0.05) is 175 Å². The molecule has 0 amide bonds. The van der Waals surface area contributed by atoms with Crippen LogP contribution >= 0.6 is 0 Å². The van der Waals surface area contributed by atoms with E-state index in [4.69, 9.17) is 5.11 Å². The summed E-state index contributed by atoms with van der Waals surface area (Å²) in [5.74, 6) is -5.98. The molecule has 0 fully saturated rings. The van der Waals surface area contributed by atoms with Crippen LogP contribution in [-0.4, -0.2) is 125 Å². The van der Waals surface area contributed by atoms with E-state index in [-0.39, 0.29) is 0 Å². The SMILES string of the molecule is CCCCCCCCCCCC[N+](C)(C)C.CCCCCCCCCCCC[N+](C)(C)C.CCCCCCCCCCCC[N+](C)(C)C.O=C([O-])CC(O)(CC(=O)[O-])C(=O)[O-]. The molecule has 0 spiro atoms. The van der Waals surface area contributed by atoms with Gasteiger partial charge in [-0.05, 0) is 38.5 Å². The Balaban J connectivity index is -0.000000356. The predicted molar refractivity (Wildman–Crippen MR) is 253 cm³/mol. The van der Waals surface area contributed by atoms with Crippen LogP contribution in [-0.2, 0) is 14.4 Å². The molecule has 0 atom stereocenters. The Bertz CT molecular complexity index is 874. The van der Waals surface area contributed by atoms with Gasteiger partial charge in [-0.25, -0.2) is 0 Å². The van der Waals surface area contributed by atoms with Crippen LogP contribution in [0.4, 0.5) is 0 Å². The lowest BCUT2D eigenvalue weighted by Crippen LogP contribution is -2.54. The molecule has 368 valence electrons. The summed E-state index contributed by atoms with van der Waals surface area (Å²) in [5, 5.41) is 38.9. The van der Waals surface area contributed by atoms with Crippen molar-refractivity contribution in [1.29, 1.82) is 0 Å². The number of carbonyl (C=O) groups excluding carboxylic acids is 3. The lowest BCUT2D eigenvalue weighted by molar-refractivity contribution is -0.870. The van der Waals surface area contributed by atoms with Crippen LogP contribution in [0.1, 0.15) is 226 Å². The maximum absolute atomic E-state index is 10.1. The van der Waals surface area contributed by atoms with Crippen molar-refractivity contribution in [3.05, 3.63) is 0 Å². The summed E-state index contributed by atoms with van der Waals surface area (Å²) < 4.78 is 3.37. The molecule has 0 unspecified atom stereocenters. The lowest BCUT2D eigenvalue weighted by Gasteiger charge is -2.29. The van der Waals surface area contributed by atoms with Gasteiger partial charge in [-0.15, -0.1) is 0 Å². The predicted octanol–water partition coefficient (Wildman–Crippen LogP) is 8.59. The number of aliphatic carboxylic acids is 3. The summed E-state index contributed by atoms with van der Waals surface area (Å²) >= 11 is 0. The number of hydrogen-bond donors (Lipinski definition) is 1. The fraction of sp³-hybridized carbons (Fsp3) is 0.941. The van der Waals surface area contributed by atoms with Crippen LogP contribution in [0.3, 0.4) is 0 Å². The highest BCUT2D eigenvalue weighted by Crippen LogP contribution is 2.15. The number of rotatable bonds is 38. The van der Waals surface area contributed by atoms with Gasteiger partial charge < -0.3 is 48.3 Å². The monoisotopic (exact) mass is 874 g/mol. The number of nitrogens with zero attached hydrogens (tertiary/aromatic N) is 3. The third kappa shape index (κ3) is 65.0. The Kier molecular flexibility index (Phi) is 47.0. The van der Waals surface area contributed by atoms with E-state index in [2.05, 4.69) is 84.2 Å². The van der Waals surface area contributed by atoms with E-state index in [0.29, 0.717) is 0 Å². The second-order valence-electron chi connectivity index (χ2n) is 21.0. The molecule has 0 saturated carbocycles. The maximum atomic E-state index is 10.1. The van der Waals surface area contributed by atoms with Gasteiger partial charge in [-0.3, -0.25) is 0 Å². The molecule has 0 heterocycles. The van der Waals surface area contributed by atoms with Crippen molar-refractivity contribution in [1.82, 2.24) is 0 Å². The molecule has 10 heteroatoms. The van der Waals surface area contributed by atoms with Crippen molar-refractivity contribution in [2.24, 2.45) is 0 Å². The third-order valence-corrected chi connectivity index (χ3v) is 10.8. The first-order chi connectivity index (χ1) is 28.5. The Hall–Kier alpha value is -1.75. The zero-order valence-electron chi connectivity index (χ0n) is 43.0. The fourth-order valence-electron chi connectivity index (χ4n) is 6.91. The highest BCUT2D eigenvalue weighted by atomic mass is 16.4. The molecule has 0 saturated heterocycles. The Morgan fingerprint density at radius 1 is 0.344 bits per heavy atom. The Morgan fingerprint density at radius 2 is 0.508 bits per heavy atom. The molecular weight excluding hydrogens is 767 g/mol. The Labute approximate surface area is 380 Å². The van der Waals surface area contributed by atoms with E-state index in [1.54, 1.807) is 0 Å². The Morgan fingerprint density at radius 3 is 0.639 bits per heavy atom. The van der Waals surface area contributed by atoms with Crippen LogP contribution in [0.2, 0.25) is 0 Å². The average Bonchev–Trinajstić information content (AvgIpc) is 3.13. The summed E-state index contributed by atoms with van der Waals surface area (Å²) in [5.41, 5.74) is -2.97. The zero-order valence-corrected chi connectivity index (χ0v) is 43.0. The molecule has 0 aromatic heterocycles. The average molecular weight is 874 g/mol. The molecular formula is C51H107N3O7. The second-order valence-corrected chi connectivity index (χ2v) is 21.0. The van der Waals surface area contributed by atoms with E-state index in [0.717, 1.165) is 13.4 Å². The third-order valence-electron chi connectivity index (χ3n) is 10.8. The van der Waals surface area contributed by atoms with Gasteiger partial charge in [0.1, 0.15) is 5.60 Å². The molecule has 0 aliphatic carbocycles. The number of hydrogen-bond acceptors (Lipinski definition) is 7. The minimum absolute atomic E-state index is 1.12. The minimum atomic E-state index is -2.97. The topological polar surface area (TPSA) is 141 Å². The summed E-state index contributed by atoms with van der Waals surface area (Å²) in [7, 11) is 20.6. The van der Waals surface area contributed by atoms with Gasteiger partial charge in [0, 0.05) is 24.8 Å². The van der Waals surface area contributed by atoms with E-state index in [1.165, 1.54) is 212 Å². The fourth-order valence-corrected chi connectivity index (χ4v) is 6.91. The normalized spacial score (nSPS) is 11.8. The first-order valence-electron chi connectivity index (χ1n) is 25.2. The van der Waals surface area contributed by atoms with Crippen LogP contribution in [0, 0.1) is 0 Å². The van der Waals surface area contributed by atoms with Crippen molar-refractivity contribution in [2.45, 2.75) is 232 Å². The van der Waals surface area contributed by atoms with E-state index >= 15 is 0 Å². The largest absolute Gasteiger partial charge is 0.550 e. The molecule has 0 radical (unpaired) electrons. The number of carbonyl (C=O) groups is 3. The number of unbranched alkanes of at least 4 members (excludes halogenated alkanes) is 27. The van der Waals surface area contributed by atoms with Crippen LogP contribution in [0.25, 0.3) is 0 Å². The molecule has 10 nitrogen and oxygen atoms in total. The quantitative estimate of drug-likeness (QED) is 0.0484. The van der Waals surface area contributed by atoms with Crippen molar-refractivity contribution in [3.63, 3.8) is 0 Å². The van der Waals surface area contributed by atoms with Crippen molar-refractivity contribution in [2.75, 3.05) is 83.1 Å². The maximum Gasteiger partial charge on any atom is 0.114 e. The number of carboxylic acids is 3. The minimum Gasteiger partial charge on any atom is -0.550 e. The van der Waals surface area contributed by atoms with Crippen molar-refractivity contribution in [3.8, 4) is 0 Å². The van der Waals surface area contributed by atoms with Gasteiger partial charge in [-0.2, -0.15) is 0 Å². The van der Waals surface area contributed by atoms with Gasteiger partial charge in [0.15, 0.2) is 0 Å². The summed E-state index contributed by atoms with van der Waals surface area (Å²) in [4.78, 5) is 30.0. The molecule has 1 N–H and O–H groups in total. The zero-order chi connectivity index (χ0) is 47.5. The smallest absolute Gasteiger partial charge is 0.114 e. The highest BCUT2D eigenvalue weighted by Gasteiger charge is 2.29. The van der Waals surface area contributed by atoms with Gasteiger partial charge in [0.2, 0.25) is 0 Å². The molecule has 0 aromatic carbocycles. The summed E-state index contributed by atoms with van der Waals surface area (Å²) in [6.45, 7) is 10.8. The van der Waals surface area contributed by atoms with E-state index in [9.17, 15) is 29.7 Å². The van der Waals surface area contributed by atoms with Gasteiger partial charge in [0.25, 0.3) is 0 Å². The van der Waals surface area contributed by atoms with Gasteiger partial charge in [0.05, 0.1) is 89.0 Å². The molecule has 61 heavy (non-hydrogen) atoms. The van der Waals surface area contributed by atoms with E-state index < -0.39 is 36.4 Å². The second kappa shape index (κ2) is 43.5. The van der Waals surface area contributed by atoms with Crippen LogP contribution in [0.15, 0.2) is 0 Å². The molecule has 0 aromatic rings. The number of carboxylic acid groups (broad SMARTS) is 3. The van der Waals surface area contributed by atoms with Crippen molar-refractivity contribution < 1.29 is 48.3 Å². The summed E-state index contributed by atoms with van der Waals surface area (Å²) in [6.07, 6.45) is 40.5. The number of aliphatic hydroxyl groups is 1. The van der Waals surface area contributed by atoms with Crippen LogP contribution < -0.4 is 15.3 Å². The highest BCUT2D eigenvalue weighted by molar-refractivity contribution is 5.86. The van der Waals surface area contributed by atoms with Crippen molar-refractivity contribution >= 4 is 17.9 Å². The summed E-state index contributed by atoms with van der Waals surface area (Å²) in [6, 6.07) is 0. The van der Waals surface area contributed by atoms with Gasteiger partial charge >= 0.3 is 0 Å². The lowest BCUT2D eigenvalue weighted by atomic mass is 9.96. The molecule has 0 aliphatic rings. The first-order valence-corrected chi connectivity index (χ1v) is 25.2. The molecule has 0 bridgehead atoms. The van der Waals surface area contributed by atoms with Crippen LogP contribution in [0.5, 0.6) is 0 Å². The molecule has 0 aliphatic heterocycles. The first kappa shape index (κ1) is 65.9.